The Labute approximate surface area is 95.8 Å². The second-order valence-electron chi connectivity index (χ2n) is 4.77. The first kappa shape index (κ1) is 13.8. The quantitative estimate of drug-likeness (QED) is 0.785. The van der Waals surface area contributed by atoms with Gasteiger partial charge in [0, 0.05) is 0 Å². The van der Waals surface area contributed by atoms with E-state index in [0.717, 1.165) is 32.1 Å². The standard InChI is InChI=1S/C12H22F3N/c1-3-9-5-7-10(8-6-9)11(16-4-2)12(13,14)15/h9-11,16H,3-8H2,1-2H3. The van der Waals surface area contributed by atoms with Crippen molar-refractivity contribution in [3.05, 3.63) is 0 Å². The highest BCUT2D eigenvalue weighted by Crippen LogP contribution is 2.37. The van der Waals surface area contributed by atoms with Crippen molar-refractivity contribution in [1.29, 1.82) is 0 Å². The average molecular weight is 237 g/mol. The molecule has 0 spiro atoms. The van der Waals surface area contributed by atoms with Crippen LogP contribution in [0.2, 0.25) is 0 Å². The third kappa shape index (κ3) is 3.65. The summed E-state index contributed by atoms with van der Waals surface area (Å²) in [5, 5.41) is 2.60. The van der Waals surface area contributed by atoms with Gasteiger partial charge >= 0.3 is 6.18 Å². The van der Waals surface area contributed by atoms with Crippen molar-refractivity contribution in [1.82, 2.24) is 5.32 Å². The molecule has 0 amide bonds. The Hall–Kier alpha value is -0.250. The van der Waals surface area contributed by atoms with Gasteiger partial charge in [-0.25, -0.2) is 0 Å². The number of hydrogen-bond donors (Lipinski definition) is 1. The molecule has 0 aromatic rings. The normalized spacial score (nSPS) is 29.1. The van der Waals surface area contributed by atoms with Gasteiger partial charge in [-0.2, -0.15) is 13.2 Å². The lowest BCUT2D eigenvalue weighted by molar-refractivity contribution is -0.170. The van der Waals surface area contributed by atoms with Crippen molar-refractivity contribution in [2.24, 2.45) is 11.8 Å². The molecule has 0 aromatic carbocycles. The third-order valence-corrected chi connectivity index (χ3v) is 3.72. The van der Waals surface area contributed by atoms with E-state index in [2.05, 4.69) is 12.2 Å². The van der Waals surface area contributed by atoms with Crippen LogP contribution in [-0.2, 0) is 0 Å². The van der Waals surface area contributed by atoms with Gasteiger partial charge < -0.3 is 5.32 Å². The molecule has 0 heterocycles. The Balaban J connectivity index is 2.53. The largest absolute Gasteiger partial charge is 0.404 e. The molecule has 1 unspecified atom stereocenters. The molecule has 1 rings (SSSR count). The van der Waals surface area contributed by atoms with Crippen LogP contribution < -0.4 is 5.32 Å². The second-order valence-corrected chi connectivity index (χ2v) is 4.77. The molecule has 1 fully saturated rings. The minimum atomic E-state index is -4.10. The number of halogens is 3. The SMILES string of the molecule is CCNC(C1CCC(CC)CC1)C(F)(F)F. The van der Waals surface area contributed by atoms with E-state index in [4.69, 9.17) is 0 Å². The maximum absolute atomic E-state index is 12.8. The van der Waals surface area contributed by atoms with Gasteiger partial charge in [-0.05, 0) is 31.2 Å². The number of nitrogens with one attached hydrogen (secondary N) is 1. The second kappa shape index (κ2) is 5.89. The highest BCUT2D eigenvalue weighted by molar-refractivity contribution is 4.86. The van der Waals surface area contributed by atoms with Crippen LogP contribution in [0.4, 0.5) is 13.2 Å². The minimum Gasteiger partial charge on any atom is -0.306 e. The number of hydrogen-bond acceptors (Lipinski definition) is 1. The maximum atomic E-state index is 12.8. The molecule has 0 aliphatic heterocycles. The molecule has 96 valence electrons. The molecule has 1 saturated carbocycles. The summed E-state index contributed by atoms with van der Waals surface area (Å²) in [5.74, 6) is 0.425. The van der Waals surface area contributed by atoms with Gasteiger partial charge in [-0.3, -0.25) is 0 Å². The van der Waals surface area contributed by atoms with Crippen molar-refractivity contribution in [3.8, 4) is 0 Å². The van der Waals surface area contributed by atoms with E-state index in [1.165, 1.54) is 0 Å². The molecule has 4 heteroatoms. The first-order chi connectivity index (χ1) is 7.49. The van der Waals surface area contributed by atoms with Crippen LogP contribution in [0.3, 0.4) is 0 Å². The Morgan fingerprint density at radius 2 is 1.69 bits per heavy atom. The Kier molecular flexibility index (Phi) is 5.09. The zero-order valence-corrected chi connectivity index (χ0v) is 10.1. The van der Waals surface area contributed by atoms with Crippen molar-refractivity contribution in [2.75, 3.05) is 6.54 Å². The van der Waals surface area contributed by atoms with Gasteiger partial charge in [0.05, 0.1) is 0 Å². The maximum Gasteiger partial charge on any atom is 0.404 e. The monoisotopic (exact) mass is 237 g/mol. The van der Waals surface area contributed by atoms with Crippen molar-refractivity contribution < 1.29 is 13.2 Å². The molecular formula is C12H22F3N. The summed E-state index contributed by atoms with van der Waals surface area (Å²) in [5.41, 5.74) is 0. The lowest BCUT2D eigenvalue weighted by Crippen LogP contribution is -2.48. The number of alkyl halides is 3. The fourth-order valence-corrected chi connectivity index (χ4v) is 2.70. The van der Waals surface area contributed by atoms with Crippen LogP contribution in [0.1, 0.15) is 46.0 Å². The van der Waals surface area contributed by atoms with E-state index in [0.29, 0.717) is 12.5 Å². The topological polar surface area (TPSA) is 12.0 Å². The summed E-state index contributed by atoms with van der Waals surface area (Å²) in [6.07, 6.45) is 0.355. The molecule has 0 radical (unpaired) electrons. The van der Waals surface area contributed by atoms with E-state index < -0.39 is 12.2 Å². The van der Waals surface area contributed by atoms with Crippen molar-refractivity contribution in [3.63, 3.8) is 0 Å². The van der Waals surface area contributed by atoms with E-state index in [1.54, 1.807) is 6.92 Å². The molecule has 0 saturated heterocycles. The van der Waals surface area contributed by atoms with Crippen LogP contribution in [0.25, 0.3) is 0 Å². The van der Waals surface area contributed by atoms with Gasteiger partial charge in [0.15, 0.2) is 0 Å². The Morgan fingerprint density at radius 1 is 1.12 bits per heavy atom. The molecule has 1 atom stereocenters. The van der Waals surface area contributed by atoms with Crippen LogP contribution in [0, 0.1) is 11.8 Å². The summed E-state index contributed by atoms with van der Waals surface area (Å²) < 4.78 is 38.4. The van der Waals surface area contributed by atoms with Crippen molar-refractivity contribution >= 4 is 0 Å². The molecule has 0 bridgehead atoms. The first-order valence-corrected chi connectivity index (χ1v) is 6.29. The van der Waals surface area contributed by atoms with Crippen molar-refractivity contribution in [2.45, 2.75) is 58.2 Å². The van der Waals surface area contributed by atoms with E-state index in [-0.39, 0.29) is 5.92 Å². The summed E-state index contributed by atoms with van der Waals surface area (Å²) in [6.45, 7) is 4.24. The Morgan fingerprint density at radius 3 is 2.06 bits per heavy atom. The summed E-state index contributed by atoms with van der Waals surface area (Å²) >= 11 is 0. The van der Waals surface area contributed by atoms with Crippen LogP contribution in [0.5, 0.6) is 0 Å². The lowest BCUT2D eigenvalue weighted by atomic mass is 9.77. The third-order valence-electron chi connectivity index (χ3n) is 3.72. The van der Waals surface area contributed by atoms with Crippen LogP contribution in [0.15, 0.2) is 0 Å². The number of rotatable bonds is 4. The molecular weight excluding hydrogens is 215 g/mol. The Bertz CT molecular complexity index is 195. The van der Waals surface area contributed by atoms with Gasteiger partial charge in [0.1, 0.15) is 6.04 Å². The van der Waals surface area contributed by atoms with E-state index >= 15 is 0 Å². The van der Waals surface area contributed by atoms with Crippen LogP contribution in [-0.4, -0.2) is 18.8 Å². The summed E-state index contributed by atoms with van der Waals surface area (Å²) in [7, 11) is 0. The molecule has 1 aliphatic rings. The average Bonchev–Trinajstić information content (AvgIpc) is 2.25. The first-order valence-electron chi connectivity index (χ1n) is 6.29. The smallest absolute Gasteiger partial charge is 0.306 e. The minimum absolute atomic E-state index is 0.220. The summed E-state index contributed by atoms with van der Waals surface area (Å²) in [4.78, 5) is 0. The predicted molar refractivity (Wildman–Crippen MR) is 59.3 cm³/mol. The molecule has 1 N–H and O–H groups in total. The van der Waals surface area contributed by atoms with E-state index in [1.807, 2.05) is 0 Å². The fraction of sp³-hybridized carbons (Fsp3) is 1.00. The zero-order valence-electron chi connectivity index (χ0n) is 10.1. The van der Waals surface area contributed by atoms with Gasteiger partial charge in [-0.1, -0.05) is 33.1 Å². The van der Waals surface area contributed by atoms with E-state index in [9.17, 15) is 13.2 Å². The molecule has 16 heavy (non-hydrogen) atoms. The highest BCUT2D eigenvalue weighted by atomic mass is 19.4. The van der Waals surface area contributed by atoms with Gasteiger partial charge in [0.2, 0.25) is 0 Å². The zero-order chi connectivity index (χ0) is 12.2. The van der Waals surface area contributed by atoms with Gasteiger partial charge in [0.25, 0.3) is 0 Å². The van der Waals surface area contributed by atoms with Crippen LogP contribution >= 0.6 is 0 Å². The van der Waals surface area contributed by atoms with Gasteiger partial charge in [-0.15, -0.1) is 0 Å². The fourth-order valence-electron chi connectivity index (χ4n) is 2.70. The molecule has 1 aliphatic carbocycles. The predicted octanol–water partition coefficient (Wildman–Crippen LogP) is 3.74. The molecule has 0 aromatic heterocycles. The summed E-state index contributed by atoms with van der Waals surface area (Å²) in [6, 6.07) is -1.30. The highest BCUT2D eigenvalue weighted by Gasteiger charge is 2.44. The molecule has 1 nitrogen and oxygen atoms in total. The lowest BCUT2D eigenvalue weighted by Gasteiger charge is -2.35.